The number of hydrogen-bond donors (Lipinski definition) is 3. The molecule has 0 bridgehead atoms. The van der Waals surface area contributed by atoms with Crippen LogP contribution in [0.5, 0.6) is 5.75 Å². The number of para-hydroxylation sites is 1. The van der Waals surface area contributed by atoms with Gasteiger partial charge >= 0.3 is 0 Å². The molecule has 118 valence electrons. The number of phenolic OH excluding ortho intramolecular Hbond substituents is 1. The second kappa shape index (κ2) is 6.07. The van der Waals surface area contributed by atoms with Gasteiger partial charge in [-0.2, -0.15) is 0 Å². The second-order valence-electron chi connectivity index (χ2n) is 4.11. The highest BCUT2D eigenvalue weighted by molar-refractivity contribution is 7.92. The lowest BCUT2D eigenvalue weighted by Gasteiger charge is -2.04. The average Bonchev–Trinajstić information content (AvgIpc) is 2.70. The predicted octanol–water partition coefficient (Wildman–Crippen LogP) is 2.27. The van der Waals surface area contributed by atoms with E-state index in [4.69, 9.17) is 11.6 Å². The summed E-state index contributed by atoms with van der Waals surface area (Å²) in [5.74, 6) is -2.68. The van der Waals surface area contributed by atoms with E-state index in [0.29, 0.717) is 0 Å². The highest BCUT2D eigenvalue weighted by Gasteiger charge is 2.18. The van der Waals surface area contributed by atoms with Crippen LogP contribution in [-0.2, 0) is 10.0 Å². The van der Waals surface area contributed by atoms with Crippen molar-refractivity contribution in [3.63, 3.8) is 0 Å². The molecule has 0 fully saturated rings. The zero-order chi connectivity index (χ0) is 16.5. The Balaban J connectivity index is 2.22. The number of sulfonamides is 1. The number of benzene rings is 1. The fourth-order valence-corrected chi connectivity index (χ4v) is 3.03. The molecule has 7 nitrogen and oxygen atoms in total. The first-order valence-electron chi connectivity index (χ1n) is 5.60. The summed E-state index contributed by atoms with van der Waals surface area (Å²) in [6, 6.07) is 3.48. The number of anilines is 2. The van der Waals surface area contributed by atoms with E-state index in [-0.39, 0.29) is 20.8 Å². The van der Waals surface area contributed by atoms with E-state index < -0.39 is 27.5 Å². The summed E-state index contributed by atoms with van der Waals surface area (Å²) in [5, 5.41) is 11.8. The number of aromatic hydroxyl groups is 1. The summed E-state index contributed by atoms with van der Waals surface area (Å²) < 4.78 is 37.5. The third-order valence-corrected chi connectivity index (χ3v) is 4.05. The number of amides is 1. The minimum atomic E-state index is -3.57. The normalized spacial score (nSPS) is 11.2. The van der Waals surface area contributed by atoms with Crippen molar-refractivity contribution in [2.45, 2.75) is 0 Å². The fourth-order valence-electron chi connectivity index (χ4n) is 1.46. The minimum absolute atomic E-state index is 0.00943. The van der Waals surface area contributed by atoms with Gasteiger partial charge in [-0.1, -0.05) is 29.0 Å². The van der Waals surface area contributed by atoms with E-state index in [0.717, 1.165) is 23.7 Å². The number of phenols is 1. The Morgan fingerprint density at radius 2 is 2.14 bits per heavy atom. The number of carbonyl (C=O) groups excluding carboxylic acids is 1. The molecule has 1 heterocycles. The Morgan fingerprint density at radius 3 is 2.77 bits per heavy atom. The summed E-state index contributed by atoms with van der Waals surface area (Å²) in [6.07, 6.45) is 0.922. The first kappa shape index (κ1) is 16.5. The highest BCUT2D eigenvalue weighted by atomic mass is 35.5. The smallest absolute Gasteiger partial charge is 0.261 e. The first-order chi connectivity index (χ1) is 10.2. The molecule has 22 heavy (non-hydrogen) atoms. The molecule has 11 heteroatoms. The summed E-state index contributed by atoms with van der Waals surface area (Å²) in [6.45, 7) is 0. The van der Waals surface area contributed by atoms with Gasteiger partial charge in [-0.25, -0.2) is 17.8 Å². The van der Waals surface area contributed by atoms with E-state index in [1.54, 1.807) is 0 Å². The van der Waals surface area contributed by atoms with Crippen LogP contribution in [0.4, 0.5) is 15.3 Å². The molecular weight excluding hydrogens is 357 g/mol. The molecule has 0 unspecified atom stereocenters. The van der Waals surface area contributed by atoms with Gasteiger partial charge in [0.15, 0.2) is 22.5 Å². The molecule has 0 aliphatic rings. The molecule has 0 aliphatic carbocycles. The van der Waals surface area contributed by atoms with Crippen molar-refractivity contribution in [3.05, 3.63) is 33.9 Å². The van der Waals surface area contributed by atoms with Crippen molar-refractivity contribution in [2.75, 3.05) is 16.3 Å². The predicted molar refractivity (Wildman–Crippen MR) is 81.6 cm³/mol. The zero-order valence-corrected chi connectivity index (χ0v) is 13.3. The van der Waals surface area contributed by atoms with Crippen molar-refractivity contribution in [3.8, 4) is 5.75 Å². The van der Waals surface area contributed by atoms with Crippen LogP contribution in [0.2, 0.25) is 4.34 Å². The Morgan fingerprint density at radius 1 is 1.45 bits per heavy atom. The van der Waals surface area contributed by atoms with Gasteiger partial charge in [-0.15, -0.1) is 0 Å². The highest BCUT2D eigenvalue weighted by Crippen LogP contribution is 2.33. The number of nitrogens with zero attached hydrogens (tertiary/aromatic N) is 1. The Labute approximate surface area is 133 Å². The SMILES string of the molecule is CS(=O)(=O)Nc1nc(NC(=O)c2cccc(F)c2O)sc1Cl. The number of carbonyl (C=O) groups is 1. The van der Waals surface area contributed by atoms with Crippen molar-refractivity contribution in [1.29, 1.82) is 0 Å². The molecule has 0 saturated carbocycles. The summed E-state index contributed by atoms with van der Waals surface area (Å²) in [7, 11) is -3.57. The quantitative estimate of drug-likeness (QED) is 0.770. The van der Waals surface area contributed by atoms with Crippen molar-refractivity contribution < 1.29 is 22.7 Å². The molecule has 0 radical (unpaired) electrons. The van der Waals surface area contributed by atoms with Crippen LogP contribution >= 0.6 is 22.9 Å². The topological polar surface area (TPSA) is 108 Å². The van der Waals surface area contributed by atoms with Gasteiger partial charge in [0, 0.05) is 0 Å². The number of halogens is 2. The van der Waals surface area contributed by atoms with Gasteiger partial charge in [0.1, 0.15) is 4.34 Å². The molecule has 0 atom stereocenters. The van der Waals surface area contributed by atoms with Crippen molar-refractivity contribution >= 4 is 49.8 Å². The maximum absolute atomic E-state index is 13.2. The molecule has 0 spiro atoms. The lowest BCUT2D eigenvalue weighted by Crippen LogP contribution is -2.13. The van der Waals surface area contributed by atoms with Gasteiger partial charge in [0.05, 0.1) is 11.8 Å². The molecule has 2 rings (SSSR count). The van der Waals surface area contributed by atoms with Gasteiger partial charge in [0.2, 0.25) is 10.0 Å². The summed E-state index contributed by atoms with van der Waals surface area (Å²) in [4.78, 5) is 15.7. The van der Waals surface area contributed by atoms with Crippen LogP contribution in [0.1, 0.15) is 10.4 Å². The number of aromatic nitrogens is 1. The monoisotopic (exact) mass is 365 g/mol. The van der Waals surface area contributed by atoms with E-state index >= 15 is 0 Å². The van der Waals surface area contributed by atoms with Gasteiger partial charge in [0.25, 0.3) is 5.91 Å². The first-order valence-corrected chi connectivity index (χ1v) is 8.69. The molecule has 1 aromatic carbocycles. The van der Waals surface area contributed by atoms with Gasteiger partial charge < -0.3 is 5.11 Å². The summed E-state index contributed by atoms with van der Waals surface area (Å²) in [5.41, 5.74) is -0.288. The molecule has 2 aromatic rings. The Bertz CT molecular complexity index is 838. The van der Waals surface area contributed by atoms with Crippen molar-refractivity contribution in [1.82, 2.24) is 4.98 Å². The van der Waals surface area contributed by atoms with Gasteiger partial charge in [-0.3, -0.25) is 14.8 Å². The molecule has 3 N–H and O–H groups in total. The lowest BCUT2D eigenvalue weighted by atomic mass is 10.2. The standard InChI is InChI=1S/C11H9ClFN3O4S2/c1-22(19,20)16-9-8(12)21-11(14-9)15-10(18)5-3-2-4-6(13)7(5)17/h2-4,16-17H,1H3,(H,14,15,18). The third-order valence-electron chi connectivity index (χ3n) is 2.32. The third kappa shape index (κ3) is 3.84. The van der Waals surface area contributed by atoms with Crippen LogP contribution < -0.4 is 10.0 Å². The Kier molecular flexibility index (Phi) is 4.54. The van der Waals surface area contributed by atoms with Crippen LogP contribution in [-0.4, -0.2) is 30.7 Å². The maximum atomic E-state index is 13.2. The zero-order valence-electron chi connectivity index (χ0n) is 10.9. The summed E-state index contributed by atoms with van der Waals surface area (Å²) >= 11 is 6.61. The van der Waals surface area contributed by atoms with E-state index in [2.05, 4.69) is 15.0 Å². The van der Waals surface area contributed by atoms with Gasteiger partial charge in [-0.05, 0) is 12.1 Å². The number of nitrogens with one attached hydrogen (secondary N) is 2. The number of rotatable bonds is 4. The second-order valence-corrected chi connectivity index (χ2v) is 7.46. The van der Waals surface area contributed by atoms with E-state index in [1.165, 1.54) is 12.1 Å². The number of thiazole rings is 1. The molecular formula is C11H9ClFN3O4S2. The largest absolute Gasteiger partial charge is 0.504 e. The lowest BCUT2D eigenvalue weighted by molar-refractivity contribution is 0.102. The fraction of sp³-hybridized carbons (Fsp3) is 0.0909. The minimum Gasteiger partial charge on any atom is -0.504 e. The van der Waals surface area contributed by atoms with E-state index in [1.807, 2.05) is 0 Å². The molecule has 0 aliphatic heterocycles. The van der Waals surface area contributed by atoms with Crippen LogP contribution in [0.25, 0.3) is 0 Å². The maximum Gasteiger partial charge on any atom is 0.261 e. The Hall–Kier alpha value is -1.91. The van der Waals surface area contributed by atoms with Crippen LogP contribution in [0.3, 0.4) is 0 Å². The average molecular weight is 366 g/mol. The van der Waals surface area contributed by atoms with Crippen molar-refractivity contribution in [2.24, 2.45) is 0 Å². The molecule has 1 aromatic heterocycles. The van der Waals surface area contributed by atoms with Crippen LogP contribution in [0, 0.1) is 5.82 Å². The van der Waals surface area contributed by atoms with E-state index in [9.17, 15) is 22.7 Å². The number of hydrogen-bond acceptors (Lipinski definition) is 6. The van der Waals surface area contributed by atoms with Crippen LogP contribution in [0.15, 0.2) is 18.2 Å². The molecule has 0 saturated heterocycles. The molecule has 1 amide bonds.